The lowest BCUT2D eigenvalue weighted by atomic mass is 10.0. The number of aromatic nitrogens is 2. The number of carbonyl (C=O) groups excluding carboxylic acids is 1. The molecule has 2 aromatic heterocycles. The van der Waals surface area contributed by atoms with Gasteiger partial charge in [0, 0.05) is 47.0 Å². The van der Waals surface area contributed by atoms with Crippen LogP contribution in [-0.4, -0.2) is 34.3 Å². The van der Waals surface area contributed by atoms with Crippen LogP contribution in [0.25, 0.3) is 16.9 Å². The predicted molar refractivity (Wildman–Crippen MR) is 130 cm³/mol. The highest BCUT2D eigenvalue weighted by atomic mass is 35.5. The molecule has 2 N–H and O–H groups in total. The van der Waals surface area contributed by atoms with Gasteiger partial charge in [0.1, 0.15) is 5.65 Å². The standard InChI is InChI=1S/C25H22ClN5O/c1-30(2)14-16-3-7-19(8-4-16)28-24(17-5-10-22-27-11-12-31(22)15-17)23-20-9-6-18(26)13-21(20)29-25(23)32/h3-13,15,28H,14H2,1-2H3,(H,29,32). The summed E-state index contributed by atoms with van der Waals surface area (Å²) in [6.07, 6.45) is 5.61. The summed E-state index contributed by atoms with van der Waals surface area (Å²) in [7, 11) is 4.09. The van der Waals surface area contributed by atoms with Gasteiger partial charge in [-0.2, -0.15) is 0 Å². The molecule has 0 saturated carbocycles. The fourth-order valence-corrected chi connectivity index (χ4v) is 4.12. The molecular formula is C25H22ClN5O. The summed E-state index contributed by atoms with van der Waals surface area (Å²) in [5.41, 5.74) is 6.66. The van der Waals surface area contributed by atoms with Gasteiger partial charge >= 0.3 is 0 Å². The Hall–Kier alpha value is -3.61. The lowest BCUT2D eigenvalue weighted by Crippen LogP contribution is -2.11. The number of hydrogen-bond acceptors (Lipinski definition) is 4. The van der Waals surface area contributed by atoms with Gasteiger partial charge in [-0.1, -0.05) is 29.8 Å². The minimum Gasteiger partial charge on any atom is -0.354 e. The van der Waals surface area contributed by atoms with Crippen LogP contribution in [0, 0.1) is 0 Å². The highest BCUT2D eigenvalue weighted by Crippen LogP contribution is 2.38. The quantitative estimate of drug-likeness (QED) is 0.427. The van der Waals surface area contributed by atoms with Gasteiger partial charge in [0.05, 0.1) is 17.0 Å². The van der Waals surface area contributed by atoms with Gasteiger partial charge in [-0.15, -0.1) is 0 Å². The molecule has 0 aliphatic carbocycles. The zero-order valence-electron chi connectivity index (χ0n) is 17.8. The van der Waals surface area contributed by atoms with Crippen molar-refractivity contribution in [3.8, 4) is 0 Å². The Morgan fingerprint density at radius 3 is 2.72 bits per heavy atom. The normalized spacial score (nSPS) is 14.6. The van der Waals surface area contributed by atoms with Crippen molar-refractivity contribution >= 4 is 45.8 Å². The van der Waals surface area contributed by atoms with Gasteiger partial charge in [0.25, 0.3) is 5.91 Å². The first kappa shape index (κ1) is 20.3. The third-order valence-corrected chi connectivity index (χ3v) is 5.61. The fourth-order valence-electron chi connectivity index (χ4n) is 3.94. The number of anilines is 2. The smallest absolute Gasteiger partial charge is 0.258 e. The molecule has 4 aromatic rings. The second-order valence-corrected chi connectivity index (χ2v) is 8.50. The second-order valence-electron chi connectivity index (χ2n) is 8.06. The third kappa shape index (κ3) is 3.86. The van der Waals surface area contributed by atoms with E-state index in [0.717, 1.165) is 34.7 Å². The Bertz CT molecular complexity index is 1350. The van der Waals surface area contributed by atoms with Crippen molar-refractivity contribution in [2.75, 3.05) is 24.7 Å². The Morgan fingerprint density at radius 2 is 1.94 bits per heavy atom. The number of halogens is 1. The Balaban J connectivity index is 1.63. The third-order valence-electron chi connectivity index (χ3n) is 5.38. The monoisotopic (exact) mass is 443 g/mol. The van der Waals surface area contributed by atoms with Crippen molar-refractivity contribution in [1.29, 1.82) is 0 Å². The summed E-state index contributed by atoms with van der Waals surface area (Å²) < 4.78 is 1.94. The molecule has 0 radical (unpaired) electrons. The van der Waals surface area contributed by atoms with E-state index < -0.39 is 0 Å². The van der Waals surface area contributed by atoms with E-state index in [1.165, 1.54) is 5.56 Å². The first-order chi connectivity index (χ1) is 15.5. The minimum absolute atomic E-state index is 0.167. The predicted octanol–water partition coefficient (Wildman–Crippen LogP) is 4.98. The number of imidazole rings is 1. The maximum Gasteiger partial charge on any atom is 0.258 e. The van der Waals surface area contributed by atoms with E-state index in [-0.39, 0.29) is 5.91 Å². The summed E-state index contributed by atoms with van der Waals surface area (Å²) in [6.45, 7) is 0.863. The van der Waals surface area contributed by atoms with E-state index in [1.807, 2.05) is 61.2 Å². The van der Waals surface area contributed by atoms with Crippen molar-refractivity contribution in [3.05, 3.63) is 94.9 Å². The molecule has 0 atom stereocenters. The Morgan fingerprint density at radius 1 is 1.12 bits per heavy atom. The van der Waals surface area contributed by atoms with Crippen LogP contribution in [0.2, 0.25) is 5.02 Å². The van der Waals surface area contributed by atoms with E-state index in [2.05, 4.69) is 32.7 Å². The number of hydrogen-bond donors (Lipinski definition) is 2. The number of nitrogens with zero attached hydrogens (tertiary/aromatic N) is 3. The lowest BCUT2D eigenvalue weighted by molar-refractivity contribution is -0.110. The van der Waals surface area contributed by atoms with Gasteiger partial charge in [-0.3, -0.25) is 4.79 Å². The summed E-state index contributed by atoms with van der Waals surface area (Å²) in [5, 5.41) is 7.02. The molecule has 0 bridgehead atoms. The highest BCUT2D eigenvalue weighted by Gasteiger charge is 2.28. The topological polar surface area (TPSA) is 61.7 Å². The zero-order chi connectivity index (χ0) is 22.2. The first-order valence-corrected chi connectivity index (χ1v) is 10.6. The molecule has 5 rings (SSSR count). The van der Waals surface area contributed by atoms with Crippen LogP contribution in [0.5, 0.6) is 0 Å². The van der Waals surface area contributed by atoms with Crippen molar-refractivity contribution in [1.82, 2.24) is 14.3 Å². The molecule has 0 saturated heterocycles. The second kappa shape index (κ2) is 8.15. The van der Waals surface area contributed by atoms with Gasteiger partial charge in [-0.05, 0) is 56.1 Å². The van der Waals surface area contributed by atoms with E-state index >= 15 is 0 Å². The minimum atomic E-state index is -0.167. The molecule has 1 aliphatic heterocycles. The van der Waals surface area contributed by atoms with E-state index in [0.29, 0.717) is 16.3 Å². The molecule has 0 unspecified atom stereocenters. The van der Waals surface area contributed by atoms with Gasteiger partial charge in [0.15, 0.2) is 0 Å². The molecule has 32 heavy (non-hydrogen) atoms. The van der Waals surface area contributed by atoms with Crippen LogP contribution in [0.3, 0.4) is 0 Å². The molecule has 1 aliphatic rings. The zero-order valence-corrected chi connectivity index (χ0v) is 18.5. The SMILES string of the molecule is CN(C)Cc1ccc(NC(=C2C(=O)Nc3cc(Cl)ccc32)c2ccc3nccn3c2)cc1. The van der Waals surface area contributed by atoms with Gasteiger partial charge < -0.3 is 19.9 Å². The number of fused-ring (bicyclic) bond motifs is 2. The van der Waals surface area contributed by atoms with Gasteiger partial charge in [0.2, 0.25) is 0 Å². The average molecular weight is 444 g/mol. The van der Waals surface area contributed by atoms with Crippen molar-refractivity contribution < 1.29 is 4.79 Å². The van der Waals surface area contributed by atoms with Crippen LogP contribution >= 0.6 is 11.6 Å². The highest BCUT2D eigenvalue weighted by molar-refractivity contribution is 6.38. The molecule has 0 fully saturated rings. The van der Waals surface area contributed by atoms with Crippen LogP contribution in [0.1, 0.15) is 16.7 Å². The van der Waals surface area contributed by atoms with Crippen molar-refractivity contribution in [3.63, 3.8) is 0 Å². The summed E-state index contributed by atoms with van der Waals surface area (Å²) >= 11 is 6.15. The number of pyridine rings is 1. The molecule has 160 valence electrons. The number of rotatable bonds is 5. The Kier molecular flexibility index (Phi) is 5.17. The van der Waals surface area contributed by atoms with Crippen LogP contribution < -0.4 is 10.6 Å². The molecule has 7 heteroatoms. The fraction of sp³-hybridized carbons (Fsp3) is 0.120. The first-order valence-electron chi connectivity index (χ1n) is 10.3. The summed E-state index contributed by atoms with van der Waals surface area (Å²) in [4.78, 5) is 19.5. The number of nitrogens with one attached hydrogen (secondary N) is 2. The van der Waals surface area contributed by atoms with E-state index in [1.54, 1.807) is 18.3 Å². The van der Waals surface area contributed by atoms with Crippen LogP contribution in [0.4, 0.5) is 11.4 Å². The van der Waals surface area contributed by atoms with Crippen molar-refractivity contribution in [2.45, 2.75) is 6.54 Å². The molecule has 1 amide bonds. The largest absolute Gasteiger partial charge is 0.354 e. The number of amides is 1. The van der Waals surface area contributed by atoms with Crippen LogP contribution in [-0.2, 0) is 11.3 Å². The number of benzene rings is 2. The molecule has 3 heterocycles. The summed E-state index contributed by atoms with van der Waals surface area (Å²) in [5.74, 6) is -0.167. The maximum absolute atomic E-state index is 13.1. The average Bonchev–Trinajstić information content (AvgIpc) is 3.35. The van der Waals surface area contributed by atoms with Crippen LogP contribution in [0.15, 0.2) is 73.2 Å². The molecule has 2 aromatic carbocycles. The number of carbonyl (C=O) groups is 1. The molecule has 6 nitrogen and oxygen atoms in total. The summed E-state index contributed by atoms with van der Waals surface area (Å²) in [6, 6.07) is 17.6. The van der Waals surface area contributed by atoms with E-state index in [9.17, 15) is 4.79 Å². The van der Waals surface area contributed by atoms with Gasteiger partial charge in [-0.25, -0.2) is 4.98 Å². The van der Waals surface area contributed by atoms with E-state index in [4.69, 9.17) is 11.6 Å². The Labute approximate surface area is 191 Å². The lowest BCUT2D eigenvalue weighted by Gasteiger charge is -2.16. The van der Waals surface area contributed by atoms with Crippen molar-refractivity contribution in [2.24, 2.45) is 0 Å². The molecule has 0 spiro atoms. The maximum atomic E-state index is 13.1. The molecular weight excluding hydrogens is 422 g/mol.